The van der Waals surface area contributed by atoms with E-state index in [1.54, 1.807) is 0 Å². The third-order valence-electron chi connectivity index (χ3n) is 4.44. The maximum atomic E-state index is 9.35. The third kappa shape index (κ3) is 4.05. The molecule has 1 heterocycles. The van der Waals surface area contributed by atoms with Gasteiger partial charge in [-0.1, -0.05) is 0 Å². The Morgan fingerprint density at radius 3 is 2.83 bits per heavy atom. The summed E-state index contributed by atoms with van der Waals surface area (Å²) >= 11 is 3.58. The highest BCUT2D eigenvalue weighted by atomic mass is 79.9. The van der Waals surface area contributed by atoms with Gasteiger partial charge in [0.25, 0.3) is 0 Å². The summed E-state index contributed by atoms with van der Waals surface area (Å²) in [4.78, 5) is 4.38. The van der Waals surface area contributed by atoms with Crippen LogP contribution in [-0.2, 0) is 7.05 Å². The number of hydrogen-bond donors (Lipinski definition) is 2. The van der Waals surface area contributed by atoms with Gasteiger partial charge in [0, 0.05) is 30.2 Å². The van der Waals surface area contributed by atoms with Gasteiger partial charge in [0.2, 0.25) is 0 Å². The second-order valence-electron chi connectivity index (χ2n) is 6.48. The van der Waals surface area contributed by atoms with E-state index in [-0.39, 0.29) is 12.2 Å². The number of aliphatic hydroxyl groups is 1. The summed E-state index contributed by atoms with van der Waals surface area (Å²) in [6.07, 6.45) is 6.05. The largest absolute Gasteiger partial charge is 0.490 e. The number of rotatable bonds is 5. The van der Waals surface area contributed by atoms with E-state index in [0.29, 0.717) is 12.6 Å². The Morgan fingerprint density at radius 1 is 1.39 bits per heavy atom. The first-order chi connectivity index (χ1) is 11.0. The number of hydrogen-bond acceptors (Lipinski definition) is 4. The van der Waals surface area contributed by atoms with Gasteiger partial charge in [0.1, 0.15) is 11.3 Å². The lowest BCUT2D eigenvalue weighted by atomic mass is 9.93. The van der Waals surface area contributed by atoms with Crippen LogP contribution in [0, 0.1) is 0 Å². The summed E-state index contributed by atoms with van der Waals surface area (Å²) in [6.45, 7) is 2.48. The number of benzene rings is 1. The Morgan fingerprint density at radius 2 is 2.13 bits per heavy atom. The first kappa shape index (κ1) is 16.7. The first-order valence-electron chi connectivity index (χ1n) is 8.21. The summed E-state index contributed by atoms with van der Waals surface area (Å²) in [7, 11) is 1.99. The fourth-order valence-corrected chi connectivity index (χ4v) is 3.68. The molecular weight excluding hydrogens is 358 g/mol. The zero-order valence-electron chi connectivity index (χ0n) is 13.6. The molecule has 1 aliphatic carbocycles. The monoisotopic (exact) mass is 381 g/mol. The number of imidazole rings is 1. The van der Waals surface area contributed by atoms with E-state index >= 15 is 0 Å². The van der Waals surface area contributed by atoms with E-state index < -0.39 is 0 Å². The molecule has 23 heavy (non-hydrogen) atoms. The molecule has 1 saturated carbocycles. The topological polar surface area (TPSA) is 59.3 Å². The van der Waals surface area contributed by atoms with Crippen molar-refractivity contribution in [1.29, 1.82) is 0 Å². The lowest BCUT2D eigenvalue weighted by Gasteiger charge is -2.30. The van der Waals surface area contributed by atoms with Crippen LogP contribution in [0.4, 0.5) is 0 Å². The Bertz CT molecular complexity index is 663. The maximum Gasteiger partial charge on any atom is 0.123 e. The molecule has 1 atom stereocenters. The van der Waals surface area contributed by atoms with E-state index in [0.717, 1.165) is 46.9 Å². The average molecular weight is 382 g/mol. The van der Waals surface area contributed by atoms with Crippen molar-refractivity contribution in [2.75, 3.05) is 6.54 Å². The number of nitrogens with zero attached hydrogens (tertiary/aromatic N) is 2. The maximum absolute atomic E-state index is 9.35. The van der Waals surface area contributed by atoms with Gasteiger partial charge in [-0.2, -0.15) is 0 Å². The lowest BCUT2D eigenvalue weighted by Crippen LogP contribution is -2.39. The Hall–Kier alpha value is -1.11. The smallest absolute Gasteiger partial charge is 0.123 e. The fourth-order valence-electron chi connectivity index (χ4n) is 3.15. The minimum atomic E-state index is -0.285. The Kier molecular flexibility index (Phi) is 5.24. The molecular formula is C17H24BrN3O2. The van der Waals surface area contributed by atoms with Crippen molar-refractivity contribution in [3.05, 3.63) is 22.9 Å². The summed E-state index contributed by atoms with van der Waals surface area (Å²) < 4.78 is 9.17. The van der Waals surface area contributed by atoms with Crippen molar-refractivity contribution in [3.63, 3.8) is 0 Å². The Balaban J connectivity index is 1.59. The molecule has 1 unspecified atom stereocenters. The minimum Gasteiger partial charge on any atom is -0.490 e. The van der Waals surface area contributed by atoms with E-state index in [4.69, 9.17) is 4.74 Å². The van der Waals surface area contributed by atoms with Crippen LogP contribution in [0.2, 0.25) is 0 Å². The van der Waals surface area contributed by atoms with Gasteiger partial charge in [-0.25, -0.2) is 4.98 Å². The van der Waals surface area contributed by atoms with Crippen LogP contribution >= 0.6 is 15.9 Å². The zero-order chi connectivity index (χ0) is 16.4. The average Bonchev–Trinajstić information content (AvgIpc) is 2.89. The predicted molar refractivity (Wildman–Crippen MR) is 94.8 cm³/mol. The van der Waals surface area contributed by atoms with Crippen LogP contribution in [0.3, 0.4) is 0 Å². The van der Waals surface area contributed by atoms with Crippen molar-refractivity contribution in [1.82, 2.24) is 14.9 Å². The SMILES string of the molecule is CC(O)CN[C@H]1CC[C@@H](Oc2cc(Br)c3ncn(C)c3c2)CC1. The summed E-state index contributed by atoms with van der Waals surface area (Å²) in [5, 5.41) is 12.8. The van der Waals surface area contributed by atoms with Crippen LogP contribution in [-0.4, -0.2) is 39.5 Å². The number of fused-ring (bicyclic) bond motifs is 1. The van der Waals surface area contributed by atoms with Gasteiger partial charge in [-0.3, -0.25) is 0 Å². The summed E-state index contributed by atoms with van der Waals surface area (Å²) in [5.41, 5.74) is 2.03. The van der Waals surface area contributed by atoms with E-state index in [9.17, 15) is 5.11 Å². The van der Waals surface area contributed by atoms with Gasteiger partial charge in [0.05, 0.1) is 24.1 Å². The van der Waals surface area contributed by atoms with Crippen LogP contribution in [0.25, 0.3) is 11.0 Å². The first-order valence-corrected chi connectivity index (χ1v) is 9.01. The lowest BCUT2D eigenvalue weighted by molar-refractivity contribution is 0.131. The molecule has 0 spiro atoms. The standard InChI is InChI=1S/C17H24BrN3O2/c1-11(22)9-19-12-3-5-13(6-4-12)23-14-7-15(18)17-16(8-14)21(2)10-20-17/h7-8,10-13,19,22H,3-6,9H2,1-2H3/t11?,12-,13+. The van der Waals surface area contributed by atoms with Gasteiger partial charge < -0.3 is 19.7 Å². The zero-order valence-corrected chi connectivity index (χ0v) is 15.2. The van der Waals surface area contributed by atoms with Crippen molar-refractivity contribution < 1.29 is 9.84 Å². The highest BCUT2D eigenvalue weighted by molar-refractivity contribution is 9.10. The molecule has 3 rings (SSSR count). The normalized spacial score (nSPS) is 23.1. The molecule has 0 saturated heterocycles. The molecule has 0 amide bonds. The molecule has 1 aliphatic rings. The van der Waals surface area contributed by atoms with E-state index in [1.807, 2.05) is 30.9 Å². The van der Waals surface area contributed by atoms with Crippen LogP contribution in [0.1, 0.15) is 32.6 Å². The number of aryl methyl sites for hydroxylation is 1. The number of aromatic nitrogens is 2. The molecule has 2 aromatic rings. The molecule has 6 heteroatoms. The molecule has 5 nitrogen and oxygen atoms in total. The van der Waals surface area contributed by atoms with Gasteiger partial charge in [0.15, 0.2) is 0 Å². The molecule has 0 bridgehead atoms. The Labute approximate surface area is 145 Å². The van der Waals surface area contributed by atoms with Gasteiger partial charge >= 0.3 is 0 Å². The summed E-state index contributed by atoms with van der Waals surface area (Å²) in [5.74, 6) is 0.897. The molecule has 1 aromatic carbocycles. The molecule has 2 N–H and O–H groups in total. The molecule has 1 aromatic heterocycles. The van der Waals surface area contributed by atoms with Crippen molar-refractivity contribution in [3.8, 4) is 5.75 Å². The van der Waals surface area contributed by atoms with Crippen molar-refractivity contribution >= 4 is 27.0 Å². The van der Waals surface area contributed by atoms with E-state index in [1.165, 1.54) is 0 Å². The quantitative estimate of drug-likeness (QED) is 0.835. The number of ether oxygens (including phenoxy) is 1. The number of nitrogens with one attached hydrogen (secondary N) is 1. The molecule has 0 aliphatic heterocycles. The molecule has 1 fully saturated rings. The highest BCUT2D eigenvalue weighted by Gasteiger charge is 2.22. The van der Waals surface area contributed by atoms with E-state index in [2.05, 4.69) is 32.3 Å². The summed E-state index contributed by atoms with van der Waals surface area (Å²) in [6, 6.07) is 4.56. The van der Waals surface area contributed by atoms with Crippen LogP contribution in [0.15, 0.2) is 22.9 Å². The van der Waals surface area contributed by atoms with Crippen LogP contribution < -0.4 is 10.1 Å². The number of halogens is 1. The van der Waals surface area contributed by atoms with Crippen molar-refractivity contribution in [2.45, 2.75) is 50.9 Å². The predicted octanol–water partition coefficient (Wildman–Crippen LogP) is 3.00. The van der Waals surface area contributed by atoms with Gasteiger partial charge in [-0.05, 0) is 54.6 Å². The van der Waals surface area contributed by atoms with Crippen LogP contribution in [0.5, 0.6) is 5.75 Å². The van der Waals surface area contributed by atoms with Crippen molar-refractivity contribution in [2.24, 2.45) is 7.05 Å². The fraction of sp³-hybridized carbons (Fsp3) is 0.588. The minimum absolute atomic E-state index is 0.261. The second kappa shape index (κ2) is 7.20. The molecule has 126 valence electrons. The third-order valence-corrected chi connectivity index (χ3v) is 5.04. The molecule has 0 radical (unpaired) electrons. The number of aliphatic hydroxyl groups excluding tert-OH is 1. The van der Waals surface area contributed by atoms with Gasteiger partial charge in [-0.15, -0.1) is 0 Å². The second-order valence-corrected chi connectivity index (χ2v) is 7.33. The highest BCUT2D eigenvalue weighted by Crippen LogP contribution is 2.31.